The Morgan fingerprint density at radius 1 is 1.78 bits per heavy atom. The fourth-order valence-electron chi connectivity index (χ4n) is 0.685. The van der Waals surface area contributed by atoms with Crippen LogP contribution in [0.2, 0.25) is 0 Å². The van der Waals surface area contributed by atoms with Crippen molar-refractivity contribution in [2.45, 2.75) is 0 Å². The van der Waals surface area contributed by atoms with Gasteiger partial charge < -0.3 is 0 Å². The van der Waals surface area contributed by atoms with Crippen LogP contribution in [0.3, 0.4) is 0 Å². The molecule has 42 valence electrons. The average Bonchev–Trinajstić information content (AvgIpc) is 1.78. The molecule has 1 aliphatic rings. The van der Waals surface area contributed by atoms with Crippen LogP contribution in [-0.4, -0.2) is 7.32 Å². The number of fused-ring (bicyclic) bond motifs is 1. The number of rotatable bonds is 0. The number of hydrogen-bond donors (Lipinski definition) is 0. The Morgan fingerprint density at radius 2 is 2.67 bits per heavy atom. The van der Waals surface area contributed by atoms with Gasteiger partial charge in [-0.05, 0) is 0 Å². The van der Waals surface area contributed by atoms with E-state index in [0.717, 1.165) is 0 Å². The van der Waals surface area contributed by atoms with Crippen LogP contribution in [0.4, 0.5) is 0 Å². The maximum absolute atomic E-state index is 10.5. The summed E-state index contributed by atoms with van der Waals surface area (Å²) in [5.41, 5.74) is -0.214. The molecule has 2 rings (SSSR count). The van der Waals surface area contributed by atoms with Gasteiger partial charge in [-0.3, -0.25) is 0 Å². The molecule has 0 saturated carbocycles. The molecule has 2 heterocycles. The van der Waals surface area contributed by atoms with Crippen LogP contribution in [0.15, 0.2) is 17.1 Å². The van der Waals surface area contributed by atoms with Crippen LogP contribution in [-0.2, 0) is 25.3 Å². The molecule has 0 spiro atoms. The Kier molecular flexibility index (Phi) is 1.08. The number of nitrogens with zero attached hydrogens (tertiary/aromatic N) is 2. The molecule has 0 radical (unpaired) electrons. The molecule has 0 N–H and O–H groups in total. The molecule has 0 saturated heterocycles. The first-order chi connectivity index (χ1) is 4.36. The van der Waals surface area contributed by atoms with Crippen LogP contribution in [0.25, 0.3) is 0 Å². The molecule has 0 bridgehead atoms. The molecule has 5 heteroatoms. The van der Waals surface area contributed by atoms with Gasteiger partial charge in [0.05, 0.1) is 0 Å². The molecule has 9 heavy (non-hydrogen) atoms. The van der Waals surface area contributed by atoms with E-state index in [4.69, 9.17) is 2.64 Å². The van der Waals surface area contributed by atoms with Crippen LogP contribution in [0.1, 0.15) is 0 Å². The molecule has 0 amide bonds. The number of aromatic nitrogens is 2. The first kappa shape index (κ1) is 5.40. The van der Waals surface area contributed by atoms with E-state index in [2.05, 4.69) is 4.98 Å². The normalized spacial score (nSPS) is 11.6. The van der Waals surface area contributed by atoms with E-state index in [0.29, 0.717) is 6.01 Å². The second kappa shape index (κ2) is 1.80. The quantitative estimate of drug-likeness (QED) is 0.601. The Labute approximate surface area is 64.0 Å². The van der Waals surface area contributed by atoms with E-state index in [-0.39, 0.29) is 5.56 Å². The summed E-state index contributed by atoms with van der Waals surface area (Å²) in [6.07, 6.45) is 1.76. The van der Waals surface area contributed by atoms with Crippen molar-refractivity contribution in [1.29, 1.82) is 0 Å². The van der Waals surface area contributed by atoms with Crippen molar-refractivity contribution in [2.75, 3.05) is 0 Å². The summed E-state index contributed by atoms with van der Waals surface area (Å²) in [6.45, 7) is 0. The van der Waals surface area contributed by atoms with Crippen molar-refractivity contribution in [3.8, 4) is 6.01 Å². The molecule has 0 atom stereocenters. The van der Waals surface area contributed by atoms with Gasteiger partial charge in [-0.25, -0.2) is 0 Å². The van der Waals surface area contributed by atoms with Gasteiger partial charge in [0, 0.05) is 0 Å². The molecular weight excluding hydrogens is 309 g/mol. The van der Waals surface area contributed by atoms with Gasteiger partial charge in [0.25, 0.3) is 0 Å². The molecule has 1 aliphatic heterocycles. The third-order valence-corrected chi connectivity index (χ3v) is 5.64. The molecule has 1 aromatic rings. The zero-order valence-electron chi connectivity index (χ0n) is 4.57. The van der Waals surface area contributed by atoms with Gasteiger partial charge in [-0.2, -0.15) is 0 Å². The van der Waals surface area contributed by atoms with Gasteiger partial charge in [0.1, 0.15) is 0 Å². The van der Waals surface area contributed by atoms with Crippen LogP contribution >= 0.6 is 0 Å². The summed E-state index contributed by atoms with van der Waals surface area (Å²) in [5, 5.41) is 0. The Morgan fingerprint density at radius 3 is 3.11 bits per heavy atom. The topological polar surface area (TPSA) is 44.1 Å². The predicted molar refractivity (Wildman–Crippen MR) is 24.5 cm³/mol. The minimum absolute atomic E-state index is 0.214. The summed E-state index contributed by atoms with van der Waals surface area (Å²) in [6, 6.07) is 1.98. The van der Waals surface area contributed by atoms with Gasteiger partial charge in [0.2, 0.25) is 0 Å². The average molecular weight is 311 g/mol. The van der Waals surface area contributed by atoms with Crippen molar-refractivity contribution >= 4 is 0 Å². The number of hydrogen-bond acceptors (Lipinski definition) is 3. The Balaban J connectivity index is 2.70. The zero-order valence-corrected chi connectivity index (χ0v) is 10.1. The fourth-order valence-corrected chi connectivity index (χ4v) is 3.49. The monoisotopic (exact) mass is 312 g/mol. The van der Waals surface area contributed by atoms with Gasteiger partial charge in [0.15, 0.2) is 0 Å². The second-order valence-electron chi connectivity index (χ2n) is 1.79. The van der Waals surface area contributed by atoms with Crippen molar-refractivity contribution in [3.05, 3.63) is 22.6 Å². The van der Waals surface area contributed by atoms with Crippen molar-refractivity contribution in [2.24, 2.45) is 0 Å². The summed E-state index contributed by atoms with van der Waals surface area (Å²) in [4.78, 5) is 14.1. The van der Waals surface area contributed by atoms with Crippen LogP contribution in [0, 0.1) is 0 Å². The Bertz CT molecular complexity index is 295. The van der Waals surface area contributed by atoms with Crippen molar-refractivity contribution in [3.63, 3.8) is 0 Å². The summed E-state index contributed by atoms with van der Waals surface area (Å²) in [5.74, 6) is 0. The molecule has 0 aliphatic carbocycles. The van der Waals surface area contributed by atoms with Gasteiger partial charge in [-0.1, -0.05) is 0 Å². The third kappa shape index (κ3) is 0.774. The molecule has 0 aromatic carbocycles. The van der Waals surface area contributed by atoms with E-state index in [1.165, 1.54) is 6.07 Å². The fraction of sp³-hybridized carbons (Fsp3) is 0. The summed E-state index contributed by atoms with van der Waals surface area (Å²) >= 11 is -1.19. The zero-order chi connectivity index (χ0) is 6.27. The molecule has 0 unspecified atom stereocenters. The van der Waals surface area contributed by atoms with Crippen molar-refractivity contribution < 1.29 is 28.0 Å². The van der Waals surface area contributed by atoms with E-state index in [9.17, 15) is 4.79 Å². The maximum atomic E-state index is 10.5. The third-order valence-electron chi connectivity index (χ3n) is 1.18. The first-order valence-electron chi connectivity index (χ1n) is 2.56. The van der Waals surface area contributed by atoms with Crippen LogP contribution < -0.4 is 8.20 Å². The van der Waals surface area contributed by atoms with E-state index in [1.54, 1.807) is 6.20 Å². The predicted octanol–water partition coefficient (Wildman–Crippen LogP) is -0.604. The van der Waals surface area contributed by atoms with E-state index >= 15 is 0 Å². The van der Waals surface area contributed by atoms with Gasteiger partial charge >= 0.3 is 63.9 Å². The molecule has 1 aromatic heterocycles. The van der Waals surface area contributed by atoms with Gasteiger partial charge in [-0.15, -0.1) is 0 Å². The first-order valence-corrected chi connectivity index (χ1v) is 7.27. The molecule has 0 fully saturated rings. The summed E-state index contributed by atoms with van der Waals surface area (Å²) in [7, 11) is 0. The Hall–Kier alpha value is -0.385. The second-order valence-corrected chi connectivity index (χ2v) is 6.57. The molecule has 4 nitrogen and oxygen atoms in total. The standard InChI is InChI=1S/C4H4N2O2.Hg/c7-3-1-2-5-4(8)6-3;/h1-2H,(H2,5,6,7,8);/q;+2/p-2. The summed E-state index contributed by atoms with van der Waals surface area (Å²) < 4.78 is 7.00. The van der Waals surface area contributed by atoms with Crippen LogP contribution in [0.5, 0.6) is 6.01 Å². The minimum atomic E-state index is -1.19. The van der Waals surface area contributed by atoms with E-state index < -0.39 is 25.3 Å². The van der Waals surface area contributed by atoms with Crippen molar-refractivity contribution in [1.82, 2.24) is 7.32 Å². The SMILES string of the molecule is O=c1cc[n]2c(n1)[O][Hg]2. The van der Waals surface area contributed by atoms with E-state index in [1.807, 2.05) is 2.33 Å². The molecular formula is C4H2HgN2O2.